The van der Waals surface area contributed by atoms with E-state index in [1.54, 1.807) is 26.0 Å². The van der Waals surface area contributed by atoms with E-state index in [0.29, 0.717) is 0 Å². The van der Waals surface area contributed by atoms with Crippen LogP contribution in [0.5, 0.6) is 0 Å². The highest BCUT2D eigenvalue weighted by Crippen LogP contribution is 2.23. The van der Waals surface area contributed by atoms with Crippen LogP contribution < -0.4 is 11.1 Å². The number of carboxylic acids is 1. The largest absolute Gasteiger partial charge is 0.480 e. The molecule has 1 rings (SSSR count). The van der Waals surface area contributed by atoms with Gasteiger partial charge in [-0.25, -0.2) is 4.79 Å². The molecule has 0 spiro atoms. The van der Waals surface area contributed by atoms with Crippen molar-refractivity contribution in [1.29, 1.82) is 0 Å². The zero-order valence-electron chi connectivity index (χ0n) is 11.9. The van der Waals surface area contributed by atoms with Gasteiger partial charge >= 0.3 is 12.0 Å². The lowest BCUT2D eigenvalue weighted by Gasteiger charge is -2.27. The molecule has 0 aromatic carbocycles. The van der Waals surface area contributed by atoms with E-state index in [0.717, 1.165) is 4.88 Å². The van der Waals surface area contributed by atoms with Gasteiger partial charge in [-0.15, -0.1) is 11.3 Å². The Bertz CT molecular complexity index is 502. The molecular weight excluding hydrogens is 294 g/mol. The number of nitrogens with zero attached hydrogens (tertiary/aromatic N) is 1. The second-order valence-electron chi connectivity index (χ2n) is 4.79. The Kier molecular flexibility index (Phi) is 6.16. The highest BCUT2D eigenvalue weighted by atomic mass is 32.1. The lowest BCUT2D eigenvalue weighted by molar-refractivity contribution is -0.146. The lowest BCUT2D eigenvalue weighted by atomic mass is 10.1. The summed E-state index contributed by atoms with van der Waals surface area (Å²) in [5.74, 6) is -1.42. The zero-order valence-corrected chi connectivity index (χ0v) is 12.7. The monoisotopic (exact) mass is 313 g/mol. The Morgan fingerprint density at radius 3 is 2.52 bits per heavy atom. The summed E-state index contributed by atoms with van der Waals surface area (Å²) in [5.41, 5.74) is 5.13. The lowest BCUT2D eigenvalue weighted by Crippen LogP contribution is -2.43. The van der Waals surface area contributed by atoms with Gasteiger partial charge < -0.3 is 21.1 Å². The van der Waals surface area contributed by atoms with Crippen molar-refractivity contribution in [1.82, 2.24) is 10.2 Å². The van der Waals surface area contributed by atoms with Crippen molar-refractivity contribution < 1.29 is 19.5 Å². The highest BCUT2D eigenvalue weighted by molar-refractivity contribution is 7.10. The number of carboxylic acid groups (broad SMARTS) is 1. The number of carbonyl (C=O) groups is 3. The Hall–Kier alpha value is -2.09. The molecule has 0 fully saturated rings. The molecule has 1 unspecified atom stereocenters. The summed E-state index contributed by atoms with van der Waals surface area (Å²) in [6.07, 6.45) is -0.0328. The predicted molar refractivity (Wildman–Crippen MR) is 78.9 cm³/mol. The van der Waals surface area contributed by atoms with Crippen molar-refractivity contribution >= 4 is 29.2 Å². The Labute approximate surface area is 126 Å². The maximum Gasteiger partial charge on any atom is 0.323 e. The van der Waals surface area contributed by atoms with E-state index in [4.69, 9.17) is 10.8 Å². The molecule has 0 aliphatic carbocycles. The fourth-order valence-electron chi connectivity index (χ4n) is 1.88. The number of hydrogen-bond donors (Lipinski definition) is 3. The molecule has 7 nitrogen and oxygen atoms in total. The van der Waals surface area contributed by atoms with Crippen molar-refractivity contribution in [3.8, 4) is 0 Å². The van der Waals surface area contributed by atoms with E-state index >= 15 is 0 Å². The molecule has 0 radical (unpaired) electrons. The van der Waals surface area contributed by atoms with E-state index in [9.17, 15) is 14.4 Å². The molecular formula is C13H19N3O4S. The molecule has 1 aromatic heterocycles. The van der Waals surface area contributed by atoms with Gasteiger partial charge in [-0.1, -0.05) is 6.07 Å². The first kappa shape index (κ1) is 17.0. The average molecular weight is 313 g/mol. The summed E-state index contributed by atoms with van der Waals surface area (Å²) in [6.45, 7) is 3.11. The minimum absolute atomic E-state index is 0.0328. The van der Waals surface area contributed by atoms with Crippen LogP contribution in [-0.4, -0.2) is 40.5 Å². The smallest absolute Gasteiger partial charge is 0.323 e. The molecule has 1 heterocycles. The normalized spacial score (nSPS) is 12.0. The van der Waals surface area contributed by atoms with Crippen LogP contribution in [0.1, 0.15) is 31.2 Å². The van der Waals surface area contributed by atoms with Gasteiger partial charge in [0.15, 0.2) is 0 Å². The minimum atomic E-state index is -1.08. The number of hydrogen-bond acceptors (Lipinski definition) is 4. The van der Waals surface area contributed by atoms with Crippen LogP contribution in [0.4, 0.5) is 4.79 Å². The molecule has 1 aromatic rings. The third-order valence-corrected chi connectivity index (χ3v) is 3.82. The molecule has 1 atom stereocenters. The van der Waals surface area contributed by atoms with Crippen LogP contribution in [0, 0.1) is 0 Å². The maximum absolute atomic E-state index is 12.3. The van der Waals surface area contributed by atoms with Gasteiger partial charge in [0.2, 0.25) is 5.91 Å². The van der Waals surface area contributed by atoms with Gasteiger partial charge in [0, 0.05) is 10.9 Å². The average Bonchev–Trinajstić information content (AvgIpc) is 2.87. The van der Waals surface area contributed by atoms with Crippen LogP contribution in [0.25, 0.3) is 0 Å². The van der Waals surface area contributed by atoms with Crippen molar-refractivity contribution in [3.05, 3.63) is 22.4 Å². The quantitative estimate of drug-likeness (QED) is 0.701. The first-order valence-electron chi connectivity index (χ1n) is 6.42. The fraction of sp³-hybridized carbons (Fsp3) is 0.462. The van der Waals surface area contributed by atoms with E-state index in [-0.39, 0.29) is 24.9 Å². The molecule has 0 aliphatic rings. The third kappa shape index (κ3) is 5.42. The molecule has 3 amide bonds. The summed E-state index contributed by atoms with van der Waals surface area (Å²) in [6, 6.07) is 2.07. The molecule has 0 bridgehead atoms. The second-order valence-corrected chi connectivity index (χ2v) is 5.77. The number of carbonyl (C=O) groups excluding carboxylic acids is 2. The van der Waals surface area contributed by atoms with E-state index in [1.165, 1.54) is 16.2 Å². The Morgan fingerprint density at radius 2 is 2.10 bits per heavy atom. The first-order chi connectivity index (χ1) is 9.81. The number of nitrogens with one attached hydrogen (secondary N) is 1. The molecule has 116 valence electrons. The fourth-order valence-corrected chi connectivity index (χ4v) is 2.66. The van der Waals surface area contributed by atoms with Crippen LogP contribution in [0.3, 0.4) is 0 Å². The van der Waals surface area contributed by atoms with Crippen molar-refractivity contribution in [2.75, 3.05) is 6.54 Å². The number of primary amides is 1. The minimum Gasteiger partial charge on any atom is -0.480 e. The van der Waals surface area contributed by atoms with Gasteiger partial charge in [0.05, 0.1) is 12.5 Å². The van der Waals surface area contributed by atoms with Crippen molar-refractivity contribution in [2.24, 2.45) is 5.73 Å². The molecule has 0 saturated heterocycles. The third-order valence-electron chi connectivity index (χ3n) is 2.83. The number of thiophene rings is 1. The van der Waals surface area contributed by atoms with Gasteiger partial charge in [-0.3, -0.25) is 9.59 Å². The predicted octanol–water partition coefficient (Wildman–Crippen LogP) is 1.17. The maximum atomic E-state index is 12.3. The molecule has 21 heavy (non-hydrogen) atoms. The summed E-state index contributed by atoms with van der Waals surface area (Å²) >= 11 is 1.39. The molecule has 4 N–H and O–H groups in total. The van der Waals surface area contributed by atoms with Gasteiger partial charge in [0.1, 0.15) is 6.54 Å². The van der Waals surface area contributed by atoms with E-state index in [2.05, 4.69) is 5.32 Å². The summed E-state index contributed by atoms with van der Waals surface area (Å²) in [5, 5.41) is 13.2. The standard InChI is InChI=1S/C13H19N3O4S/c1-8(2)16(7-12(18)19)11(17)6-9(15-13(14)20)10-4-3-5-21-10/h3-5,8-9H,6-7H2,1-2H3,(H,18,19)(H3,14,15,20). The zero-order chi connectivity index (χ0) is 16.0. The van der Waals surface area contributed by atoms with E-state index < -0.39 is 18.0 Å². The molecule has 0 saturated carbocycles. The summed E-state index contributed by atoms with van der Waals surface area (Å²) < 4.78 is 0. The van der Waals surface area contributed by atoms with Crippen LogP contribution in [0.2, 0.25) is 0 Å². The Balaban J connectivity index is 2.83. The number of rotatable bonds is 7. The van der Waals surface area contributed by atoms with Crippen LogP contribution >= 0.6 is 11.3 Å². The number of nitrogens with two attached hydrogens (primary N) is 1. The number of amides is 3. The first-order valence-corrected chi connectivity index (χ1v) is 7.29. The molecule has 0 aliphatic heterocycles. The van der Waals surface area contributed by atoms with Gasteiger partial charge in [-0.05, 0) is 25.3 Å². The number of aliphatic carboxylic acids is 1. The SMILES string of the molecule is CC(C)N(CC(=O)O)C(=O)CC(NC(N)=O)c1cccs1. The second kappa shape index (κ2) is 7.63. The van der Waals surface area contributed by atoms with Crippen molar-refractivity contribution in [3.63, 3.8) is 0 Å². The molecule has 8 heteroatoms. The highest BCUT2D eigenvalue weighted by Gasteiger charge is 2.25. The summed E-state index contributed by atoms with van der Waals surface area (Å²) in [7, 11) is 0. The Morgan fingerprint density at radius 1 is 1.43 bits per heavy atom. The summed E-state index contributed by atoms with van der Waals surface area (Å²) in [4.78, 5) is 36.2. The van der Waals surface area contributed by atoms with Crippen molar-refractivity contribution in [2.45, 2.75) is 32.4 Å². The van der Waals surface area contributed by atoms with E-state index in [1.807, 2.05) is 5.38 Å². The topological polar surface area (TPSA) is 113 Å². The van der Waals surface area contributed by atoms with Gasteiger partial charge in [-0.2, -0.15) is 0 Å². The van der Waals surface area contributed by atoms with Crippen LogP contribution in [-0.2, 0) is 9.59 Å². The van der Waals surface area contributed by atoms with Crippen LogP contribution in [0.15, 0.2) is 17.5 Å². The number of urea groups is 1. The van der Waals surface area contributed by atoms with Gasteiger partial charge in [0.25, 0.3) is 0 Å².